The maximum absolute atomic E-state index is 11.0. The summed E-state index contributed by atoms with van der Waals surface area (Å²) in [7, 11) is 1.88. The van der Waals surface area contributed by atoms with Crippen LogP contribution in [-0.4, -0.2) is 28.1 Å². The molecule has 0 saturated carbocycles. The predicted octanol–water partition coefficient (Wildman–Crippen LogP) is 0.846. The molecule has 1 aromatic heterocycles. The van der Waals surface area contributed by atoms with Gasteiger partial charge in [0.25, 0.3) is 5.91 Å². The molecule has 0 radical (unpaired) electrons. The third-order valence-corrected chi connectivity index (χ3v) is 3.16. The molecule has 4 N–H and O–H groups in total. The molecular formula is C14H15N5OS. The summed E-state index contributed by atoms with van der Waals surface area (Å²) in [6, 6.07) is 10.9. The molecule has 0 aliphatic rings. The standard InChI is InChI=1S/C14H15N5OS/c1-19(12-6-5-11(13(15)20)17-18-12)8-9-3-2-4-10(7-9)14(16)21/h2-7H,8H2,1H3,(H2,15,20)(H2,16,21). The van der Waals surface area contributed by atoms with Gasteiger partial charge in [0.05, 0.1) is 0 Å². The summed E-state index contributed by atoms with van der Waals surface area (Å²) in [4.78, 5) is 13.2. The van der Waals surface area contributed by atoms with E-state index in [-0.39, 0.29) is 5.69 Å². The van der Waals surface area contributed by atoms with Crippen molar-refractivity contribution < 1.29 is 4.79 Å². The predicted molar refractivity (Wildman–Crippen MR) is 85.0 cm³/mol. The normalized spacial score (nSPS) is 10.1. The zero-order chi connectivity index (χ0) is 15.4. The largest absolute Gasteiger partial charge is 0.389 e. The zero-order valence-corrected chi connectivity index (χ0v) is 12.3. The number of hydrogen-bond acceptors (Lipinski definition) is 5. The van der Waals surface area contributed by atoms with Crippen molar-refractivity contribution in [3.63, 3.8) is 0 Å². The van der Waals surface area contributed by atoms with E-state index in [0.29, 0.717) is 17.4 Å². The van der Waals surface area contributed by atoms with Gasteiger partial charge in [-0.15, -0.1) is 10.2 Å². The summed E-state index contributed by atoms with van der Waals surface area (Å²) in [6.07, 6.45) is 0. The van der Waals surface area contributed by atoms with E-state index in [9.17, 15) is 4.79 Å². The number of carbonyl (C=O) groups is 1. The maximum atomic E-state index is 11.0. The van der Waals surface area contributed by atoms with Gasteiger partial charge in [-0.3, -0.25) is 4.79 Å². The Morgan fingerprint density at radius 3 is 2.57 bits per heavy atom. The highest BCUT2D eigenvalue weighted by atomic mass is 32.1. The number of aromatic nitrogens is 2. The van der Waals surface area contributed by atoms with Crippen molar-refractivity contribution in [3.8, 4) is 0 Å². The Bertz CT molecular complexity index is 671. The second-order valence-corrected chi connectivity index (χ2v) is 5.00. The molecule has 108 valence electrons. The summed E-state index contributed by atoms with van der Waals surface area (Å²) >= 11 is 4.97. The molecule has 0 fully saturated rings. The van der Waals surface area contributed by atoms with Crippen LogP contribution in [0.2, 0.25) is 0 Å². The molecule has 1 aromatic carbocycles. The molecule has 0 unspecified atom stereocenters. The average Bonchev–Trinajstić information content (AvgIpc) is 2.47. The highest BCUT2D eigenvalue weighted by molar-refractivity contribution is 7.80. The number of rotatable bonds is 5. The van der Waals surface area contributed by atoms with Crippen molar-refractivity contribution in [3.05, 3.63) is 53.2 Å². The Hall–Kier alpha value is -2.54. The maximum Gasteiger partial charge on any atom is 0.269 e. The number of primary amides is 1. The van der Waals surface area contributed by atoms with E-state index in [4.69, 9.17) is 23.7 Å². The van der Waals surface area contributed by atoms with E-state index in [0.717, 1.165) is 11.1 Å². The van der Waals surface area contributed by atoms with Gasteiger partial charge in [0, 0.05) is 19.2 Å². The lowest BCUT2D eigenvalue weighted by molar-refractivity contribution is 0.0994. The molecule has 1 heterocycles. The van der Waals surface area contributed by atoms with E-state index in [1.807, 2.05) is 36.2 Å². The van der Waals surface area contributed by atoms with Crippen molar-refractivity contribution in [2.75, 3.05) is 11.9 Å². The summed E-state index contributed by atoms with van der Waals surface area (Å²) in [5.74, 6) is 0.0431. The molecular weight excluding hydrogens is 286 g/mol. The fourth-order valence-electron chi connectivity index (χ4n) is 1.84. The van der Waals surface area contributed by atoms with Gasteiger partial charge in [0.1, 0.15) is 4.99 Å². The first-order chi connectivity index (χ1) is 9.97. The summed E-state index contributed by atoms with van der Waals surface area (Å²) in [5.41, 5.74) is 12.8. The molecule has 0 aliphatic heterocycles. The quantitative estimate of drug-likeness (QED) is 0.794. The molecule has 6 nitrogen and oxygen atoms in total. The number of amides is 1. The second kappa shape index (κ2) is 6.27. The number of thiocarbonyl (C=S) groups is 1. The molecule has 0 atom stereocenters. The highest BCUT2D eigenvalue weighted by Gasteiger charge is 2.08. The summed E-state index contributed by atoms with van der Waals surface area (Å²) in [6.45, 7) is 0.612. The lowest BCUT2D eigenvalue weighted by atomic mass is 10.1. The Morgan fingerprint density at radius 1 is 1.24 bits per heavy atom. The highest BCUT2D eigenvalue weighted by Crippen LogP contribution is 2.13. The lowest BCUT2D eigenvalue weighted by Gasteiger charge is -2.18. The van der Waals surface area contributed by atoms with Crippen LogP contribution in [0, 0.1) is 0 Å². The van der Waals surface area contributed by atoms with Gasteiger partial charge in [-0.05, 0) is 23.8 Å². The van der Waals surface area contributed by atoms with Crippen molar-refractivity contribution in [1.29, 1.82) is 0 Å². The Kier molecular flexibility index (Phi) is 4.44. The van der Waals surface area contributed by atoms with Crippen molar-refractivity contribution in [2.45, 2.75) is 6.54 Å². The van der Waals surface area contributed by atoms with Crippen LogP contribution in [0.5, 0.6) is 0 Å². The van der Waals surface area contributed by atoms with Crippen LogP contribution in [0.4, 0.5) is 5.82 Å². The number of nitrogens with zero attached hydrogens (tertiary/aromatic N) is 3. The SMILES string of the molecule is CN(Cc1cccc(C(N)=S)c1)c1ccc(C(N)=O)nn1. The Morgan fingerprint density at radius 2 is 2.00 bits per heavy atom. The smallest absolute Gasteiger partial charge is 0.269 e. The van der Waals surface area contributed by atoms with Crippen LogP contribution >= 0.6 is 12.2 Å². The van der Waals surface area contributed by atoms with Crippen LogP contribution in [0.15, 0.2) is 36.4 Å². The van der Waals surface area contributed by atoms with E-state index in [1.165, 1.54) is 0 Å². The molecule has 0 aliphatic carbocycles. The average molecular weight is 301 g/mol. The van der Waals surface area contributed by atoms with Gasteiger partial charge in [-0.2, -0.15) is 0 Å². The molecule has 7 heteroatoms. The number of hydrogen-bond donors (Lipinski definition) is 2. The molecule has 21 heavy (non-hydrogen) atoms. The molecule has 0 bridgehead atoms. The van der Waals surface area contributed by atoms with Crippen LogP contribution < -0.4 is 16.4 Å². The van der Waals surface area contributed by atoms with Crippen molar-refractivity contribution in [2.24, 2.45) is 11.5 Å². The van der Waals surface area contributed by atoms with E-state index >= 15 is 0 Å². The van der Waals surface area contributed by atoms with Crippen LogP contribution in [0.3, 0.4) is 0 Å². The minimum Gasteiger partial charge on any atom is -0.389 e. The first-order valence-electron chi connectivity index (χ1n) is 6.21. The van der Waals surface area contributed by atoms with Gasteiger partial charge >= 0.3 is 0 Å². The third kappa shape index (κ3) is 3.73. The Balaban J connectivity index is 2.13. The molecule has 1 amide bonds. The third-order valence-electron chi connectivity index (χ3n) is 2.93. The van der Waals surface area contributed by atoms with Gasteiger partial charge < -0.3 is 16.4 Å². The van der Waals surface area contributed by atoms with E-state index in [2.05, 4.69) is 10.2 Å². The topological polar surface area (TPSA) is 98.1 Å². The fourth-order valence-corrected chi connectivity index (χ4v) is 1.97. The number of nitrogens with two attached hydrogens (primary N) is 2. The van der Waals surface area contributed by atoms with Gasteiger partial charge in [-0.25, -0.2) is 0 Å². The van der Waals surface area contributed by atoms with Gasteiger partial charge in [0.15, 0.2) is 11.5 Å². The molecule has 2 aromatic rings. The fraction of sp³-hybridized carbons (Fsp3) is 0.143. The lowest BCUT2D eigenvalue weighted by Crippen LogP contribution is -2.20. The van der Waals surface area contributed by atoms with Gasteiger partial charge in [-0.1, -0.05) is 30.4 Å². The number of carbonyl (C=O) groups excluding carboxylic acids is 1. The molecule has 0 saturated heterocycles. The zero-order valence-electron chi connectivity index (χ0n) is 11.5. The van der Waals surface area contributed by atoms with Crippen molar-refractivity contribution >= 4 is 28.9 Å². The summed E-state index contributed by atoms with van der Waals surface area (Å²) in [5, 5.41) is 7.76. The van der Waals surface area contributed by atoms with Crippen LogP contribution in [0.25, 0.3) is 0 Å². The van der Waals surface area contributed by atoms with Crippen LogP contribution in [-0.2, 0) is 6.54 Å². The first kappa shape index (κ1) is 14.9. The first-order valence-corrected chi connectivity index (χ1v) is 6.61. The Labute approximate surface area is 127 Å². The molecule has 2 rings (SSSR count). The van der Waals surface area contributed by atoms with Crippen LogP contribution in [0.1, 0.15) is 21.6 Å². The number of benzene rings is 1. The minimum atomic E-state index is -0.596. The van der Waals surface area contributed by atoms with E-state index in [1.54, 1.807) is 12.1 Å². The minimum absolute atomic E-state index is 0.141. The van der Waals surface area contributed by atoms with Gasteiger partial charge in [0.2, 0.25) is 0 Å². The summed E-state index contributed by atoms with van der Waals surface area (Å²) < 4.78 is 0. The van der Waals surface area contributed by atoms with Crippen molar-refractivity contribution in [1.82, 2.24) is 10.2 Å². The number of anilines is 1. The van der Waals surface area contributed by atoms with E-state index < -0.39 is 5.91 Å². The molecule has 0 spiro atoms. The second-order valence-electron chi connectivity index (χ2n) is 4.56. The monoisotopic (exact) mass is 301 g/mol.